The number of aryl methyl sites for hydroxylation is 1. The molecule has 0 aliphatic rings. The third-order valence-electron chi connectivity index (χ3n) is 4.00. The average molecular weight is 412 g/mol. The van der Waals surface area contributed by atoms with Crippen molar-refractivity contribution in [3.05, 3.63) is 60.2 Å². The van der Waals surface area contributed by atoms with E-state index in [9.17, 15) is 13.2 Å². The number of carbonyl (C=O) groups excluding carboxylic acids is 1. The molecule has 0 aliphatic heterocycles. The predicted molar refractivity (Wildman–Crippen MR) is 110 cm³/mol. The van der Waals surface area contributed by atoms with Gasteiger partial charge in [0.2, 0.25) is 0 Å². The van der Waals surface area contributed by atoms with Gasteiger partial charge in [0.25, 0.3) is 5.91 Å². The van der Waals surface area contributed by atoms with Crippen molar-refractivity contribution in [2.24, 2.45) is 5.73 Å². The number of aromatic nitrogens is 3. The summed E-state index contributed by atoms with van der Waals surface area (Å²) in [7, 11) is -3.39. The molecule has 2 heterocycles. The van der Waals surface area contributed by atoms with Crippen LogP contribution in [0.2, 0.25) is 0 Å². The maximum absolute atomic E-state index is 11.9. The Morgan fingerprint density at radius 1 is 1.03 bits per heavy atom. The van der Waals surface area contributed by atoms with Crippen molar-refractivity contribution < 1.29 is 13.2 Å². The number of hydrogen-bond acceptors (Lipinski definition) is 8. The SMILES string of the molecule is CCc1nc(C(N)=O)c(Nc2cccc(S(C)(=O)=O)c2)nc1Nc1ccncc1. The van der Waals surface area contributed by atoms with Gasteiger partial charge in [-0.05, 0) is 36.8 Å². The van der Waals surface area contributed by atoms with Crippen LogP contribution in [0.25, 0.3) is 0 Å². The normalized spacial score (nSPS) is 11.1. The zero-order valence-corrected chi connectivity index (χ0v) is 16.7. The zero-order valence-electron chi connectivity index (χ0n) is 15.9. The molecule has 0 fully saturated rings. The second-order valence-corrected chi connectivity index (χ2v) is 8.24. The summed E-state index contributed by atoms with van der Waals surface area (Å²) in [6.07, 6.45) is 4.90. The molecule has 3 rings (SSSR count). The summed E-state index contributed by atoms with van der Waals surface area (Å²) >= 11 is 0. The minimum absolute atomic E-state index is 0.0353. The average Bonchev–Trinajstić information content (AvgIpc) is 2.68. The Morgan fingerprint density at radius 2 is 1.72 bits per heavy atom. The third kappa shape index (κ3) is 4.85. The fourth-order valence-electron chi connectivity index (χ4n) is 2.59. The van der Waals surface area contributed by atoms with Gasteiger partial charge in [-0.15, -0.1) is 0 Å². The van der Waals surface area contributed by atoms with Gasteiger partial charge in [0, 0.05) is 30.0 Å². The Bertz CT molecular complexity index is 1150. The Balaban J connectivity index is 2.05. The summed E-state index contributed by atoms with van der Waals surface area (Å²) in [5.41, 5.74) is 7.20. The zero-order chi connectivity index (χ0) is 21.0. The first kappa shape index (κ1) is 20.2. The van der Waals surface area contributed by atoms with E-state index >= 15 is 0 Å². The molecule has 1 aromatic carbocycles. The van der Waals surface area contributed by atoms with Crippen LogP contribution in [0.5, 0.6) is 0 Å². The molecule has 0 saturated carbocycles. The van der Waals surface area contributed by atoms with Gasteiger partial charge in [0.1, 0.15) is 0 Å². The summed E-state index contributed by atoms with van der Waals surface area (Å²) in [5, 5.41) is 6.10. The molecule has 0 aliphatic carbocycles. The van der Waals surface area contributed by atoms with Gasteiger partial charge in [-0.25, -0.2) is 18.4 Å². The number of nitrogens with one attached hydrogen (secondary N) is 2. The summed E-state index contributed by atoms with van der Waals surface area (Å²) in [6, 6.07) is 9.72. The van der Waals surface area contributed by atoms with Crippen molar-refractivity contribution in [3.63, 3.8) is 0 Å². The molecule has 10 heteroatoms. The first-order chi connectivity index (χ1) is 13.8. The number of sulfone groups is 1. The molecule has 0 radical (unpaired) electrons. The fourth-order valence-corrected chi connectivity index (χ4v) is 3.26. The van der Waals surface area contributed by atoms with E-state index in [1.807, 2.05) is 6.92 Å². The molecular weight excluding hydrogens is 392 g/mol. The lowest BCUT2D eigenvalue weighted by Crippen LogP contribution is -2.19. The summed E-state index contributed by atoms with van der Waals surface area (Å²) < 4.78 is 23.6. The van der Waals surface area contributed by atoms with E-state index in [0.29, 0.717) is 23.6 Å². The number of benzene rings is 1. The first-order valence-corrected chi connectivity index (χ1v) is 10.6. The number of hydrogen-bond donors (Lipinski definition) is 3. The van der Waals surface area contributed by atoms with Gasteiger partial charge in [0.15, 0.2) is 27.2 Å². The van der Waals surface area contributed by atoms with Crippen LogP contribution in [-0.2, 0) is 16.3 Å². The largest absolute Gasteiger partial charge is 0.364 e. The van der Waals surface area contributed by atoms with E-state index in [0.717, 1.165) is 11.9 Å². The van der Waals surface area contributed by atoms with Gasteiger partial charge in [-0.1, -0.05) is 13.0 Å². The molecule has 0 spiro atoms. The number of rotatable bonds is 7. The molecule has 2 aromatic heterocycles. The van der Waals surface area contributed by atoms with E-state index in [2.05, 4.69) is 25.6 Å². The predicted octanol–water partition coefficient (Wildman–Crippen LogP) is 2.42. The third-order valence-corrected chi connectivity index (χ3v) is 5.11. The van der Waals surface area contributed by atoms with Gasteiger partial charge in [-0.3, -0.25) is 9.78 Å². The molecule has 0 atom stereocenters. The maximum Gasteiger partial charge on any atom is 0.271 e. The molecule has 150 valence electrons. The molecule has 4 N–H and O–H groups in total. The van der Waals surface area contributed by atoms with Crippen LogP contribution in [0, 0.1) is 0 Å². The number of nitrogens with two attached hydrogens (primary N) is 1. The molecule has 9 nitrogen and oxygen atoms in total. The highest BCUT2D eigenvalue weighted by molar-refractivity contribution is 7.90. The van der Waals surface area contributed by atoms with Crippen LogP contribution in [0.3, 0.4) is 0 Å². The second kappa shape index (κ2) is 8.23. The topological polar surface area (TPSA) is 140 Å². The van der Waals surface area contributed by atoms with E-state index in [4.69, 9.17) is 5.73 Å². The molecule has 29 heavy (non-hydrogen) atoms. The molecule has 0 saturated heterocycles. The molecule has 1 amide bonds. The first-order valence-electron chi connectivity index (χ1n) is 8.73. The molecule has 0 bridgehead atoms. The summed E-state index contributed by atoms with van der Waals surface area (Å²) in [5.74, 6) is -0.174. The smallest absolute Gasteiger partial charge is 0.271 e. The van der Waals surface area contributed by atoms with Gasteiger partial charge < -0.3 is 16.4 Å². The minimum Gasteiger partial charge on any atom is -0.364 e. The number of amides is 1. The van der Waals surface area contributed by atoms with Crippen LogP contribution in [-0.4, -0.2) is 35.5 Å². The number of carbonyl (C=O) groups is 1. The quantitative estimate of drug-likeness (QED) is 0.537. The van der Waals surface area contributed by atoms with Crippen molar-refractivity contribution in [2.45, 2.75) is 18.2 Å². The maximum atomic E-state index is 11.9. The van der Waals surface area contributed by atoms with E-state index in [-0.39, 0.29) is 16.4 Å². The van der Waals surface area contributed by atoms with Crippen LogP contribution < -0.4 is 16.4 Å². The second-order valence-electron chi connectivity index (χ2n) is 6.22. The van der Waals surface area contributed by atoms with Crippen molar-refractivity contribution in [1.29, 1.82) is 0 Å². The lowest BCUT2D eigenvalue weighted by molar-refractivity contribution is 0.0996. The summed E-state index contributed by atoms with van der Waals surface area (Å²) in [4.78, 5) is 24.9. The van der Waals surface area contributed by atoms with Gasteiger partial charge in [0.05, 0.1) is 10.6 Å². The number of nitrogens with zero attached hydrogens (tertiary/aromatic N) is 3. The van der Waals surface area contributed by atoms with Crippen LogP contribution >= 0.6 is 0 Å². The van der Waals surface area contributed by atoms with Crippen molar-refractivity contribution in [1.82, 2.24) is 15.0 Å². The Hall–Kier alpha value is -3.53. The number of anilines is 4. The van der Waals surface area contributed by atoms with E-state index in [1.54, 1.807) is 36.7 Å². The highest BCUT2D eigenvalue weighted by Crippen LogP contribution is 2.25. The van der Waals surface area contributed by atoms with E-state index < -0.39 is 15.7 Å². The van der Waals surface area contributed by atoms with Crippen molar-refractivity contribution in [3.8, 4) is 0 Å². The minimum atomic E-state index is -3.39. The van der Waals surface area contributed by atoms with Gasteiger partial charge >= 0.3 is 0 Å². The number of pyridine rings is 1. The Morgan fingerprint density at radius 3 is 2.34 bits per heavy atom. The van der Waals surface area contributed by atoms with Crippen molar-refractivity contribution in [2.75, 3.05) is 16.9 Å². The van der Waals surface area contributed by atoms with Crippen LogP contribution in [0.1, 0.15) is 23.1 Å². The Labute approximate surface area is 168 Å². The fraction of sp³-hybridized carbons (Fsp3) is 0.158. The molecular formula is C19H20N6O3S. The highest BCUT2D eigenvalue weighted by Gasteiger charge is 2.18. The van der Waals surface area contributed by atoms with Crippen LogP contribution in [0.4, 0.5) is 23.0 Å². The molecule has 3 aromatic rings. The highest BCUT2D eigenvalue weighted by atomic mass is 32.2. The monoisotopic (exact) mass is 412 g/mol. The lowest BCUT2D eigenvalue weighted by atomic mass is 10.2. The number of primary amides is 1. The Kier molecular flexibility index (Phi) is 5.74. The lowest BCUT2D eigenvalue weighted by Gasteiger charge is -2.15. The standard InChI is InChI=1S/C19H20N6O3S/c1-3-15-18(22-12-7-9-21-10-8-12)25-19(16(24-15)17(20)26)23-13-5-4-6-14(11-13)29(2,27)28/h4-11H,3H2,1-2H3,(H2,20,26)(H2,21,22,23,25). The van der Waals surface area contributed by atoms with Crippen LogP contribution in [0.15, 0.2) is 53.7 Å². The van der Waals surface area contributed by atoms with Crippen molar-refractivity contribution >= 4 is 38.8 Å². The van der Waals surface area contributed by atoms with Gasteiger partial charge in [-0.2, -0.15) is 0 Å². The molecule has 0 unspecified atom stereocenters. The summed E-state index contributed by atoms with van der Waals surface area (Å²) in [6.45, 7) is 1.88. The van der Waals surface area contributed by atoms with E-state index in [1.165, 1.54) is 12.1 Å².